The van der Waals surface area contributed by atoms with Gasteiger partial charge in [0.2, 0.25) is 0 Å². The van der Waals surface area contributed by atoms with Gasteiger partial charge >= 0.3 is 0 Å². The molecule has 2 nitrogen and oxygen atoms in total. The number of benzene rings is 7. The van der Waals surface area contributed by atoms with Gasteiger partial charge in [0, 0.05) is 38.3 Å². The van der Waals surface area contributed by atoms with Crippen LogP contribution in [0.15, 0.2) is 140 Å². The Bertz CT molecular complexity index is 2460. The van der Waals surface area contributed by atoms with Gasteiger partial charge in [0.25, 0.3) is 0 Å². The molecule has 0 bridgehead atoms. The van der Waals surface area contributed by atoms with E-state index < -0.39 is 0 Å². The molecule has 0 aliphatic carbocycles. The highest BCUT2D eigenvalue weighted by molar-refractivity contribution is 6.31. The first-order chi connectivity index (χ1) is 20.3. The lowest BCUT2D eigenvalue weighted by Crippen LogP contribution is -1.95. The Kier molecular flexibility index (Phi) is 4.57. The Balaban J connectivity index is 1.49. The third kappa shape index (κ3) is 3.07. The molecular weight excluding hydrogens is 496 g/mol. The third-order valence-corrected chi connectivity index (χ3v) is 8.75. The molecule has 192 valence electrons. The van der Waals surface area contributed by atoms with Crippen LogP contribution in [0.2, 0.25) is 0 Å². The van der Waals surface area contributed by atoms with E-state index in [9.17, 15) is 0 Å². The van der Waals surface area contributed by atoms with Gasteiger partial charge in [-0.25, -0.2) is 0 Å². The molecule has 9 aromatic rings. The summed E-state index contributed by atoms with van der Waals surface area (Å²) in [6, 6.07) is 51.1. The Labute approximate surface area is 237 Å². The number of hydrogen-bond acceptors (Lipinski definition) is 0. The fourth-order valence-electron chi connectivity index (χ4n) is 6.96. The molecule has 0 saturated carbocycles. The molecule has 7 aromatic carbocycles. The monoisotopic (exact) mass is 522 g/mol. The van der Waals surface area contributed by atoms with Gasteiger partial charge in [-0.15, -0.1) is 0 Å². The van der Waals surface area contributed by atoms with Crippen LogP contribution in [-0.4, -0.2) is 9.13 Å². The summed E-state index contributed by atoms with van der Waals surface area (Å²) in [4.78, 5) is 0. The van der Waals surface area contributed by atoms with Crippen molar-refractivity contribution in [1.29, 1.82) is 0 Å². The van der Waals surface area contributed by atoms with Crippen LogP contribution in [0.4, 0.5) is 0 Å². The maximum Gasteiger partial charge on any atom is 0.0625 e. The summed E-state index contributed by atoms with van der Waals surface area (Å²) < 4.78 is 4.86. The lowest BCUT2D eigenvalue weighted by atomic mass is 9.96. The smallest absolute Gasteiger partial charge is 0.0625 e. The van der Waals surface area contributed by atoms with E-state index in [0.29, 0.717) is 0 Å². The van der Waals surface area contributed by atoms with Crippen LogP contribution in [0.3, 0.4) is 0 Å². The highest BCUT2D eigenvalue weighted by Gasteiger charge is 2.19. The van der Waals surface area contributed by atoms with Crippen LogP contribution in [0.25, 0.3) is 76.5 Å². The second-order valence-electron chi connectivity index (χ2n) is 11.1. The van der Waals surface area contributed by atoms with E-state index in [1.165, 1.54) is 82.1 Å². The summed E-state index contributed by atoms with van der Waals surface area (Å²) in [6.07, 6.45) is 0. The van der Waals surface area contributed by atoms with E-state index in [0.717, 1.165) is 0 Å². The SMILES string of the molecule is Cc1ccc(-n2c3ccccc3c3c4ccc5ccc6c7ccccc7n(-c7ccccc7)c6c5c4ccc32)cc1. The van der Waals surface area contributed by atoms with Crippen molar-refractivity contribution in [2.75, 3.05) is 0 Å². The average Bonchev–Trinajstić information content (AvgIpc) is 3.55. The molecule has 0 atom stereocenters. The number of aryl methyl sites for hydroxylation is 1. The number of hydrogen-bond donors (Lipinski definition) is 0. The van der Waals surface area contributed by atoms with E-state index in [2.05, 4.69) is 156 Å². The maximum atomic E-state index is 2.45. The van der Waals surface area contributed by atoms with Crippen LogP contribution in [-0.2, 0) is 0 Å². The van der Waals surface area contributed by atoms with Crippen LogP contribution < -0.4 is 0 Å². The van der Waals surface area contributed by atoms with E-state index in [1.54, 1.807) is 0 Å². The third-order valence-electron chi connectivity index (χ3n) is 8.75. The fraction of sp³-hybridized carbons (Fsp3) is 0.0256. The first-order valence-corrected chi connectivity index (χ1v) is 14.2. The lowest BCUT2D eigenvalue weighted by molar-refractivity contribution is 1.18. The van der Waals surface area contributed by atoms with Crippen molar-refractivity contribution in [3.8, 4) is 11.4 Å². The molecule has 0 N–H and O–H groups in total. The molecule has 0 fully saturated rings. The topological polar surface area (TPSA) is 9.86 Å². The van der Waals surface area contributed by atoms with Crippen LogP contribution in [0.5, 0.6) is 0 Å². The molecule has 2 aromatic heterocycles. The minimum atomic E-state index is 1.18. The van der Waals surface area contributed by atoms with Gasteiger partial charge in [0.1, 0.15) is 0 Å². The molecule has 0 aliphatic heterocycles. The second-order valence-corrected chi connectivity index (χ2v) is 11.1. The largest absolute Gasteiger partial charge is 0.309 e. The normalized spacial score (nSPS) is 12.0. The average molecular weight is 523 g/mol. The van der Waals surface area contributed by atoms with Gasteiger partial charge < -0.3 is 9.13 Å². The summed E-state index contributed by atoms with van der Waals surface area (Å²) in [5.41, 5.74) is 8.60. The van der Waals surface area contributed by atoms with Crippen molar-refractivity contribution in [1.82, 2.24) is 9.13 Å². The van der Waals surface area contributed by atoms with Crippen molar-refractivity contribution in [3.63, 3.8) is 0 Å². The molecule has 0 amide bonds. The van der Waals surface area contributed by atoms with Crippen molar-refractivity contribution in [3.05, 3.63) is 145 Å². The minimum absolute atomic E-state index is 1.18. The summed E-state index contributed by atoms with van der Waals surface area (Å²) >= 11 is 0. The zero-order valence-corrected chi connectivity index (χ0v) is 22.7. The van der Waals surface area contributed by atoms with Crippen molar-refractivity contribution < 1.29 is 0 Å². The maximum absolute atomic E-state index is 2.45. The van der Waals surface area contributed by atoms with E-state index in [4.69, 9.17) is 0 Å². The number of nitrogens with zero attached hydrogens (tertiary/aromatic N) is 2. The highest BCUT2D eigenvalue weighted by atomic mass is 15.0. The Morgan fingerprint density at radius 2 is 0.951 bits per heavy atom. The Morgan fingerprint density at radius 3 is 1.73 bits per heavy atom. The first-order valence-electron chi connectivity index (χ1n) is 14.2. The van der Waals surface area contributed by atoms with E-state index in [-0.39, 0.29) is 0 Å². The molecule has 2 heterocycles. The summed E-state index contributed by atoms with van der Waals surface area (Å²) in [6.45, 7) is 2.14. The van der Waals surface area contributed by atoms with E-state index >= 15 is 0 Å². The molecule has 0 aliphatic rings. The lowest BCUT2D eigenvalue weighted by Gasteiger charge is -2.13. The Hall–Kier alpha value is -5.34. The van der Waals surface area contributed by atoms with Gasteiger partial charge in [0.15, 0.2) is 0 Å². The summed E-state index contributed by atoms with van der Waals surface area (Å²) in [5, 5.41) is 10.3. The molecule has 9 rings (SSSR count). The van der Waals surface area contributed by atoms with Gasteiger partial charge in [-0.2, -0.15) is 0 Å². The predicted molar refractivity (Wildman–Crippen MR) is 175 cm³/mol. The standard InChI is InChI=1S/C39H26N2/c1-25-15-19-28(20-16-25)40-35-14-8-6-12-33(35)38-31-21-17-26-18-22-32-29-11-5-7-13-34(29)41(27-9-3-2-4-10-27)39(32)37(26)30(31)23-24-36(38)40/h2-24H,1H3. The van der Waals surface area contributed by atoms with Gasteiger partial charge in [-0.05, 0) is 65.5 Å². The van der Waals surface area contributed by atoms with Crippen molar-refractivity contribution in [2.45, 2.75) is 6.92 Å². The second kappa shape index (κ2) is 8.33. The molecule has 41 heavy (non-hydrogen) atoms. The number of aromatic nitrogens is 2. The zero-order chi connectivity index (χ0) is 27.1. The molecule has 0 spiro atoms. The fourth-order valence-corrected chi connectivity index (χ4v) is 6.96. The van der Waals surface area contributed by atoms with Gasteiger partial charge in [0.05, 0.1) is 22.1 Å². The van der Waals surface area contributed by atoms with Crippen LogP contribution >= 0.6 is 0 Å². The number of para-hydroxylation sites is 3. The molecule has 0 unspecified atom stereocenters. The van der Waals surface area contributed by atoms with Crippen molar-refractivity contribution >= 4 is 65.2 Å². The van der Waals surface area contributed by atoms with Crippen LogP contribution in [0.1, 0.15) is 5.56 Å². The summed E-state index contributed by atoms with van der Waals surface area (Å²) in [5.74, 6) is 0. The minimum Gasteiger partial charge on any atom is -0.309 e. The zero-order valence-electron chi connectivity index (χ0n) is 22.7. The number of rotatable bonds is 2. The van der Waals surface area contributed by atoms with Crippen LogP contribution in [0, 0.1) is 6.92 Å². The van der Waals surface area contributed by atoms with Gasteiger partial charge in [-0.1, -0.05) is 103 Å². The van der Waals surface area contributed by atoms with E-state index in [1.807, 2.05) is 0 Å². The number of fused-ring (bicyclic) bond motifs is 11. The summed E-state index contributed by atoms with van der Waals surface area (Å²) in [7, 11) is 0. The Morgan fingerprint density at radius 1 is 0.366 bits per heavy atom. The van der Waals surface area contributed by atoms with Gasteiger partial charge in [-0.3, -0.25) is 0 Å². The molecule has 0 radical (unpaired) electrons. The molecule has 2 heteroatoms. The molecular formula is C39H26N2. The first kappa shape index (κ1) is 22.5. The quantitative estimate of drug-likeness (QED) is 0.200. The predicted octanol–water partition coefficient (Wildman–Crippen LogP) is 10.5. The molecule has 0 saturated heterocycles. The van der Waals surface area contributed by atoms with Crippen molar-refractivity contribution in [2.24, 2.45) is 0 Å². The highest BCUT2D eigenvalue weighted by Crippen LogP contribution is 2.43.